The van der Waals surface area contributed by atoms with E-state index in [4.69, 9.17) is 14.2 Å². The van der Waals surface area contributed by atoms with Crippen LogP contribution in [0.4, 0.5) is 0 Å². The summed E-state index contributed by atoms with van der Waals surface area (Å²) in [6.45, 7) is 3.51. The number of hydrogen-bond acceptors (Lipinski definition) is 5. The lowest BCUT2D eigenvalue weighted by Crippen LogP contribution is -2.47. The lowest BCUT2D eigenvalue weighted by molar-refractivity contribution is -0.134. The van der Waals surface area contributed by atoms with Crippen LogP contribution >= 0.6 is 12.4 Å². The molecular formula is C15H23ClN2O4. The summed E-state index contributed by atoms with van der Waals surface area (Å²) in [6.07, 6.45) is -0.393. The zero-order valence-corrected chi connectivity index (χ0v) is 13.5. The number of hydrogen-bond donors (Lipinski definition) is 2. The molecule has 1 aromatic rings. The molecule has 7 heteroatoms. The van der Waals surface area contributed by atoms with Gasteiger partial charge in [-0.2, -0.15) is 0 Å². The monoisotopic (exact) mass is 330 g/mol. The standard InChI is InChI=1S/C15H22N2O4.ClH/c1-19-8-9-20-13-4-2-12(3-5-13)10-17-15(18)14-11-16-6-7-21-14;/h2-5,14,16H,6-11H2,1H3,(H,17,18);1H. The van der Waals surface area contributed by atoms with Crippen molar-refractivity contribution in [1.29, 1.82) is 0 Å². The smallest absolute Gasteiger partial charge is 0.250 e. The van der Waals surface area contributed by atoms with Crippen LogP contribution < -0.4 is 15.4 Å². The van der Waals surface area contributed by atoms with E-state index in [9.17, 15) is 4.79 Å². The van der Waals surface area contributed by atoms with Gasteiger partial charge in [-0.15, -0.1) is 12.4 Å². The molecule has 124 valence electrons. The average Bonchev–Trinajstić information content (AvgIpc) is 2.55. The summed E-state index contributed by atoms with van der Waals surface area (Å²) in [6, 6.07) is 7.64. The third kappa shape index (κ3) is 6.19. The first-order valence-corrected chi connectivity index (χ1v) is 7.10. The number of benzene rings is 1. The fourth-order valence-corrected chi connectivity index (χ4v) is 1.98. The SMILES string of the molecule is COCCOc1ccc(CNC(=O)C2CNCCO2)cc1.Cl. The van der Waals surface area contributed by atoms with Crippen molar-refractivity contribution in [2.24, 2.45) is 0 Å². The van der Waals surface area contributed by atoms with Gasteiger partial charge in [-0.1, -0.05) is 12.1 Å². The minimum Gasteiger partial charge on any atom is -0.491 e. The molecule has 0 aliphatic carbocycles. The zero-order chi connectivity index (χ0) is 14.9. The molecule has 2 rings (SSSR count). The summed E-state index contributed by atoms with van der Waals surface area (Å²) in [5.74, 6) is 0.713. The fraction of sp³-hybridized carbons (Fsp3) is 0.533. The van der Waals surface area contributed by atoms with Gasteiger partial charge in [-0.3, -0.25) is 4.79 Å². The molecule has 1 amide bonds. The molecule has 1 aliphatic rings. The molecule has 22 heavy (non-hydrogen) atoms. The highest BCUT2D eigenvalue weighted by Crippen LogP contribution is 2.12. The second-order valence-corrected chi connectivity index (χ2v) is 4.77. The number of ether oxygens (including phenoxy) is 3. The van der Waals surface area contributed by atoms with E-state index in [1.807, 2.05) is 24.3 Å². The number of methoxy groups -OCH3 is 1. The molecule has 1 heterocycles. The Balaban J connectivity index is 0.00000242. The Morgan fingerprint density at radius 2 is 2.14 bits per heavy atom. The van der Waals surface area contributed by atoms with E-state index in [1.165, 1.54) is 0 Å². The van der Waals surface area contributed by atoms with E-state index in [-0.39, 0.29) is 18.3 Å². The summed E-state index contributed by atoms with van der Waals surface area (Å²) >= 11 is 0. The summed E-state index contributed by atoms with van der Waals surface area (Å²) < 4.78 is 15.8. The van der Waals surface area contributed by atoms with Gasteiger partial charge >= 0.3 is 0 Å². The highest BCUT2D eigenvalue weighted by molar-refractivity contribution is 5.85. The summed E-state index contributed by atoms with van der Waals surface area (Å²) in [5.41, 5.74) is 1.02. The Bertz CT molecular complexity index is 436. The Hall–Kier alpha value is -1.34. The van der Waals surface area contributed by atoms with Crippen LogP contribution in [0, 0.1) is 0 Å². The van der Waals surface area contributed by atoms with Crippen LogP contribution in [0.25, 0.3) is 0 Å². The molecule has 1 saturated heterocycles. The maximum absolute atomic E-state index is 11.9. The van der Waals surface area contributed by atoms with Crippen LogP contribution in [0.1, 0.15) is 5.56 Å². The highest BCUT2D eigenvalue weighted by Gasteiger charge is 2.21. The maximum Gasteiger partial charge on any atom is 0.250 e. The predicted molar refractivity (Wildman–Crippen MR) is 85.5 cm³/mol. The average molecular weight is 331 g/mol. The number of rotatable bonds is 7. The lowest BCUT2D eigenvalue weighted by Gasteiger charge is -2.22. The zero-order valence-electron chi connectivity index (χ0n) is 12.7. The van der Waals surface area contributed by atoms with Crippen LogP contribution in [0.3, 0.4) is 0 Å². The number of halogens is 1. The van der Waals surface area contributed by atoms with Crippen molar-refractivity contribution >= 4 is 18.3 Å². The Morgan fingerprint density at radius 3 is 2.77 bits per heavy atom. The fourth-order valence-electron chi connectivity index (χ4n) is 1.98. The van der Waals surface area contributed by atoms with Gasteiger partial charge < -0.3 is 24.8 Å². The molecule has 1 fully saturated rings. The van der Waals surface area contributed by atoms with Gasteiger partial charge in [-0.25, -0.2) is 0 Å². The van der Waals surface area contributed by atoms with Gasteiger partial charge in [0, 0.05) is 26.7 Å². The van der Waals surface area contributed by atoms with Crippen LogP contribution in [-0.4, -0.2) is 52.0 Å². The maximum atomic E-state index is 11.9. The Labute approximate surface area is 136 Å². The lowest BCUT2D eigenvalue weighted by atomic mass is 10.2. The van der Waals surface area contributed by atoms with Crippen molar-refractivity contribution in [3.8, 4) is 5.75 Å². The van der Waals surface area contributed by atoms with Crippen molar-refractivity contribution in [2.75, 3.05) is 40.0 Å². The third-order valence-corrected chi connectivity index (χ3v) is 3.17. The van der Waals surface area contributed by atoms with Crippen LogP contribution in [-0.2, 0) is 20.8 Å². The highest BCUT2D eigenvalue weighted by atomic mass is 35.5. The number of morpholine rings is 1. The summed E-state index contributed by atoms with van der Waals surface area (Å²) in [5, 5.41) is 6.01. The van der Waals surface area contributed by atoms with E-state index in [1.54, 1.807) is 7.11 Å². The molecule has 2 N–H and O–H groups in total. The van der Waals surface area contributed by atoms with Crippen molar-refractivity contribution in [3.63, 3.8) is 0 Å². The molecule has 0 aromatic heterocycles. The van der Waals surface area contributed by atoms with Gasteiger partial charge in [0.15, 0.2) is 0 Å². The number of nitrogens with one attached hydrogen (secondary N) is 2. The molecule has 1 atom stereocenters. The van der Waals surface area contributed by atoms with Gasteiger partial charge in [0.05, 0.1) is 13.2 Å². The van der Waals surface area contributed by atoms with E-state index in [0.717, 1.165) is 17.9 Å². The van der Waals surface area contributed by atoms with Crippen molar-refractivity contribution in [1.82, 2.24) is 10.6 Å². The summed E-state index contributed by atoms with van der Waals surface area (Å²) in [4.78, 5) is 11.9. The molecule has 1 aliphatic heterocycles. The van der Waals surface area contributed by atoms with E-state index < -0.39 is 6.10 Å². The van der Waals surface area contributed by atoms with Gasteiger partial charge in [-0.05, 0) is 17.7 Å². The first-order chi connectivity index (χ1) is 10.3. The van der Waals surface area contributed by atoms with Crippen LogP contribution in [0.2, 0.25) is 0 Å². The van der Waals surface area contributed by atoms with Crippen molar-refractivity contribution in [2.45, 2.75) is 12.6 Å². The van der Waals surface area contributed by atoms with Gasteiger partial charge in [0.25, 0.3) is 5.91 Å². The van der Waals surface area contributed by atoms with Gasteiger partial charge in [0.1, 0.15) is 18.5 Å². The van der Waals surface area contributed by atoms with Crippen LogP contribution in [0.15, 0.2) is 24.3 Å². The second-order valence-electron chi connectivity index (χ2n) is 4.77. The second kappa shape index (κ2) is 10.4. The Kier molecular flexibility index (Phi) is 8.84. The van der Waals surface area contributed by atoms with Crippen LogP contribution in [0.5, 0.6) is 5.75 Å². The first-order valence-electron chi connectivity index (χ1n) is 7.10. The molecule has 0 radical (unpaired) electrons. The van der Waals surface area contributed by atoms with Crippen molar-refractivity contribution < 1.29 is 19.0 Å². The predicted octanol–water partition coefficient (Wildman–Crippen LogP) is 0.738. The van der Waals surface area contributed by atoms with E-state index in [2.05, 4.69) is 10.6 Å². The molecule has 6 nitrogen and oxygen atoms in total. The molecule has 0 spiro atoms. The quantitative estimate of drug-likeness (QED) is 0.722. The minimum absolute atomic E-state index is 0. The molecule has 0 bridgehead atoms. The number of amides is 1. The third-order valence-electron chi connectivity index (χ3n) is 3.17. The van der Waals surface area contributed by atoms with Gasteiger partial charge in [0.2, 0.25) is 0 Å². The molecule has 1 unspecified atom stereocenters. The molecule has 1 aromatic carbocycles. The minimum atomic E-state index is -0.393. The normalized spacial score (nSPS) is 17.4. The van der Waals surface area contributed by atoms with E-state index >= 15 is 0 Å². The molecule has 0 saturated carbocycles. The van der Waals surface area contributed by atoms with E-state index in [0.29, 0.717) is 32.9 Å². The number of carbonyl (C=O) groups is 1. The Morgan fingerprint density at radius 1 is 1.36 bits per heavy atom. The largest absolute Gasteiger partial charge is 0.491 e. The topological polar surface area (TPSA) is 68.8 Å². The number of carbonyl (C=O) groups excluding carboxylic acids is 1. The van der Waals surface area contributed by atoms with Crippen molar-refractivity contribution in [3.05, 3.63) is 29.8 Å². The first kappa shape index (κ1) is 18.7. The molecular weight excluding hydrogens is 308 g/mol. The summed E-state index contributed by atoms with van der Waals surface area (Å²) in [7, 11) is 1.64.